The second-order valence-electron chi connectivity index (χ2n) is 20.6. The number of nitrogens with one attached hydrogen (secondary N) is 3. The molecule has 426 valence electrons. The minimum atomic E-state index is -4.76. The van der Waals surface area contributed by atoms with Crippen molar-refractivity contribution >= 4 is 78.8 Å². The number of allylic oxidation sites excluding steroid dienone is 6. The summed E-state index contributed by atoms with van der Waals surface area (Å²) in [4.78, 5) is 87.5. The molecule has 2 bridgehead atoms. The van der Waals surface area contributed by atoms with Crippen LogP contribution in [0.1, 0.15) is 133 Å². The number of aromatic nitrogens is 1. The van der Waals surface area contributed by atoms with Gasteiger partial charge in [0, 0.05) is 89.6 Å². The molecule has 4 aliphatic rings. The smallest absolute Gasteiger partial charge is 0.335 e. The van der Waals surface area contributed by atoms with Gasteiger partial charge in [-0.2, -0.15) is 0 Å². The number of rotatable bonds is 15. The molecule has 2 aromatic rings. The van der Waals surface area contributed by atoms with E-state index >= 15 is 0 Å². The van der Waals surface area contributed by atoms with Gasteiger partial charge < -0.3 is 44.5 Å². The molecule has 1 aromatic heterocycles. The molecular weight excluding hydrogens is 1090 g/mol. The SMILES string of the molecule is COCCC1(C)C2=Nc3c1cc(Br)c[n+]3CCCCCC(=O)NC(C(=O)NCCOCCC(=O)ON1C(=O)CCC1=O)CCCCNC(=O)CCCCCN1/C(=C/C=C/C=C2)C(C)(CCOC)c2cc(S(=O)(=O)[O-])cc(C)c21. The maximum absolute atomic E-state index is 13.5. The van der Waals surface area contributed by atoms with Gasteiger partial charge >= 0.3 is 11.8 Å². The Hall–Kier alpha value is -5.65. The van der Waals surface area contributed by atoms with Gasteiger partial charge in [0.15, 0.2) is 5.71 Å². The zero-order chi connectivity index (χ0) is 56.5. The van der Waals surface area contributed by atoms with Gasteiger partial charge in [0.05, 0.1) is 46.5 Å². The van der Waals surface area contributed by atoms with Crippen molar-refractivity contribution in [1.29, 1.82) is 0 Å². The maximum Gasteiger partial charge on any atom is 0.335 e. The van der Waals surface area contributed by atoms with Crippen LogP contribution in [0.5, 0.6) is 0 Å². The molecule has 1 saturated heterocycles. The number of imide groups is 1. The summed E-state index contributed by atoms with van der Waals surface area (Å²) in [5.41, 5.74) is 3.92. The molecule has 0 aliphatic carbocycles. The van der Waals surface area contributed by atoms with E-state index in [0.29, 0.717) is 101 Å². The fourth-order valence-corrected chi connectivity index (χ4v) is 11.4. The van der Waals surface area contributed by atoms with Gasteiger partial charge in [-0.3, -0.25) is 24.0 Å². The molecule has 1 fully saturated rings. The Balaban J connectivity index is 1.18. The third kappa shape index (κ3) is 16.2. The van der Waals surface area contributed by atoms with Crippen LogP contribution in [0, 0.1) is 6.92 Å². The Morgan fingerprint density at radius 2 is 1.55 bits per heavy atom. The molecule has 3 atom stereocenters. The first kappa shape index (κ1) is 61.6. The second-order valence-corrected chi connectivity index (χ2v) is 22.9. The van der Waals surface area contributed by atoms with Crippen molar-refractivity contribution in [3.8, 4) is 0 Å². The van der Waals surface area contributed by atoms with E-state index in [1.165, 1.54) is 12.1 Å². The highest BCUT2D eigenvalue weighted by atomic mass is 79.9. The summed E-state index contributed by atoms with van der Waals surface area (Å²) in [5.74, 6) is -1.85. The highest BCUT2D eigenvalue weighted by molar-refractivity contribution is 9.10. The first-order valence-corrected chi connectivity index (χ1v) is 29.2. The van der Waals surface area contributed by atoms with Gasteiger partial charge in [0.2, 0.25) is 17.7 Å². The number of hydrogen-bond donors (Lipinski definition) is 3. The summed E-state index contributed by atoms with van der Waals surface area (Å²) in [5, 5.41) is 9.18. The Morgan fingerprint density at radius 3 is 2.27 bits per heavy atom. The van der Waals surface area contributed by atoms with Crippen molar-refractivity contribution in [1.82, 2.24) is 21.0 Å². The Morgan fingerprint density at radius 1 is 0.846 bits per heavy atom. The topological polar surface area (TPSA) is 255 Å². The van der Waals surface area contributed by atoms with Crippen molar-refractivity contribution < 1.29 is 65.4 Å². The molecule has 78 heavy (non-hydrogen) atoms. The van der Waals surface area contributed by atoms with Crippen molar-refractivity contribution in [2.24, 2.45) is 4.99 Å². The lowest BCUT2D eigenvalue weighted by Gasteiger charge is -2.30. The zero-order valence-corrected chi connectivity index (χ0v) is 48.0. The van der Waals surface area contributed by atoms with Gasteiger partial charge in [-0.1, -0.05) is 24.6 Å². The van der Waals surface area contributed by atoms with Crippen LogP contribution < -0.4 is 25.4 Å². The first-order valence-electron chi connectivity index (χ1n) is 27.0. The molecule has 0 radical (unpaired) electrons. The molecule has 5 heterocycles. The maximum atomic E-state index is 13.5. The number of aliphatic imine (C=N–C) groups is 1. The fraction of sp³-hybridized carbons (Fsp3) is 0.571. The average Bonchev–Trinajstić information content (AvgIpc) is 4.20. The van der Waals surface area contributed by atoms with Crippen LogP contribution in [0.2, 0.25) is 0 Å². The van der Waals surface area contributed by atoms with E-state index in [2.05, 4.69) is 61.3 Å². The number of hydrogen-bond acceptors (Lipinski definition) is 15. The van der Waals surface area contributed by atoms with Crippen LogP contribution in [-0.2, 0) is 75.3 Å². The third-order valence-corrected chi connectivity index (χ3v) is 16.0. The number of carbonyl (C=O) groups is 6. The number of halogens is 1. The second kappa shape index (κ2) is 29.0. The fourth-order valence-electron chi connectivity index (χ4n) is 10.4. The van der Waals surface area contributed by atoms with Crippen LogP contribution in [0.25, 0.3) is 0 Å². The normalized spacial score (nSPS) is 23.3. The number of fused-ring (bicyclic) bond motifs is 3. The number of anilines is 1. The predicted molar refractivity (Wildman–Crippen MR) is 293 cm³/mol. The Labute approximate surface area is 466 Å². The standard InChI is InChI=1S/C56H76BrN7O13S/c1-39-35-41(78(71,72)73)37-42-52(39)63-30-16-8-11-20-47(65)58-27-14-13-17-44(54(70)59-28-34-76-31-24-51(69)77-64-49(67)22-23-50(64)68)60-48(66)21-12-7-15-29-62-38-40(57)36-43-53(62)61-45(55(43,2)25-32-74-4)18-9-6-10-19-46(63)56(42,3)26-33-75-5/h6,9-10,18-19,35-38,44H,7-8,11-17,20-34H2,1-5H3,(H3-,58,59,60,65,66,70,71,72,73). The quantitative estimate of drug-likeness (QED) is 0.0780. The highest BCUT2D eigenvalue weighted by Gasteiger charge is 2.47. The van der Waals surface area contributed by atoms with Crippen LogP contribution in [0.4, 0.5) is 11.5 Å². The van der Waals surface area contributed by atoms with Gasteiger partial charge in [0.25, 0.3) is 11.8 Å². The third-order valence-electron chi connectivity index (χ3n) is 14.8. The van der Waals surface area contributed by atoms with E-state index in [0.717, 1.165) is 57.8 Å². The number of pyridine rings is 1. The number of ether oxygens (including phenoxy) is 3. The summed E-state index contributed by atoms with van der Waals surface area (Å²) in [6.07, 6.45) is 19.0. The predicted octanol–water partition coefficient (Wildman–Crippen LogP) is 6.18. The molecule has 6 rings (SSSR count). The van der Waals surface area contributed by atoms with Crippen molar-refractivity contribution in [3.63, 3.8) is 0 Å². The lowest BCUT2D eigenvalue weighted by molar-refractivity contribution is -0.685. The molecule has 5 amide bonds. The van der Waals surface area contributed by atoms with Crippen LogP contribution >= 0.6 is 15.9 Å². The highest BCUT2D eigenvalue weighted by Crippen LogP contribution is 2.52. The molecular formula is C56H76BrN7O13S. The summed E-state index contributed by atoms with van der Waals surface area (Å²) in [6.45, 7) is 8.61. The summed E-state index contributed by atoms with van der Waals surface area (Å²) >= 11 is 3.75. The number of nitrogens with zero attached hydrogens (tertiary/aromatic N) is 4. The van der Waals surface area contributed by atoms with Gasteiger partial charge in [-0.05, 0) is 147 Å². The number of benzene rings is 1. The number of aryl methyl sites for hydroxylation is 2. The minimum absolute atomic E-state index is 0.0119. The molecule has 3 N–H and O–H groups in total. The molecule has 3 unspecified atom stereocenters. The summed E-state index contributed by atoms with van der Waals surface area (Å²) < 4.78 is 57.1. The van der Waals surface area contributed by atoms with E-state index in [1.807, 2.05) is 43.5 Å². The van der Waals surface area contributed by atoms with Crippen LogP contribution in [0.15, 0.2) is 74.8 Å². The minimum Gasteiger partial charge on any atom is -0.744 e. The van der Waals surface area contributed by atoms with E-state index in [4.69, 9.17) is 24.0 Å². The monoisotopic (exact) mass is 1170 g/mol. The van der Waals surface area contributed by atoms with Crippen molar-refractivity contribution in [3.05, 3.63) is 81.6 Å². The van der Waals surface area contributed by atoms with Crippen LogP contribution in [0.3, 0.4) is 0 Å². The van der Waals surface area contributed by atoms with Gasteiger partial charge in [0.1, 0.15) is 22.4 Å². The van der Waals surface area contributed by atoms with E-state index in [-0.39, 0.29) is 62.2 Å². The lowest BCUT2D eigenvalue weighted by atomic mass is 9.77. The van der Waals surface area contributed by atoms with E-state index < -0.39 is 50.7 Å². The number of carbonyl (C=O) groups excluding carboxylic acids is 6. The molecule has 1 aromatic carbocycles. The molecule has 0 saturated carbocycles. The van der Waals surface area contributed by atoms with Crippen molar-refractivity contribution in [2.45, 2.75) is 152 Å². The first-order chi connectivity index (χ1) is 37.3. The summed E-state index contributed by atoms with van der Waals surface area (Å²) in [6, 6.07) is 4.22. The van der Waals surface area contributed by atoms with Gasteiger partial charge in [-0.25, -0.2) is 17.8 Å². The number of amides is 5. The zero-order valence-electron chi connectivity index (χ0n) is 45.6. The van der Waals surface area contributed by atoms with Gasteiger partial charge in [-0.15, -0.1) is 5.06 Å². The van der Waals surface area contributed by atoms with Crippen LogP contribution in [-0.4, -0.2) is 126 Å². The van der Waals surface area contributed by atoms with E-state index in [9.17, 15) is 41.7 Å². The Kier molecular flexibility index (Phi) is 22.9. The summed E-state index contributed by atoms with van der Waals surface area (Å²) in [7, 11) is -1.45. The molecule has 4 aliphatic heterocycles. The molecule has 0 spiro atoms. The number of hydroxylamine groups is 2. The molecule has 22 heteroatoms. The Bertz CT molecular complexity index is 2750. The van der Waals surface area contributed by atoms with E-state index in [1.54, 1.807) is 14.2 Å². The largest absolute Gasteiger partial charge is 0.744 e. The number of methoxy groups -OCH3 is 2. The lowest BCUT2D eigenvalue weighted by Crippen LogP contribution is -2.47. The van der Waals surface area contributed by atoms with Crippen molar-refractivity contribution in [2.75, 3.05) is 65.2 Å². The molecule has 20 nitrogen and oxygen atoms in total. The average molecular weight is 1170 g/mol.